The van der Waals surface area contributed by atoms with Gasteiger partial charge < -0.3 is 13.9 Å². The molecule has 5 heteroatoms. The summed E-state index contributed by atoms with van der Waals surface area (Å²) in [4.78, 5) is 19.9. The summed E-state index contributed by atoms with van der Waals surface area (Å²) >= 11 is 0. The fourth-order valence-electron chi connectivity index (χ4n) is 4.08. The average molecular weight is 377 g/mol. The fourth-order valence-corrected chi connectivity index (χ4v) is 4.08. The van der Waals surface area contributed by atoms with Gasteiger partial charge in [-0.15, -0.1) is 0 Å². The summed E-state index contributed by atoms with van der Waals surface area (Å²) in [5, 5.41) is 0. The zero-order valence-electron chi connectivity index (χ0n) is 16.6. The van der Waals surface area contributed by atoms with E-state index >= 15 is 0 Å². The molecule has 5 nitrogen and oxygen atoms in total. The molecule has 0 saturated carbocycles. The first-order valence-electron chi connectivity index (χ1n) is 10.1. The number of carbonyl (C=O) groups is 1. The van der Waals surface area contributed by atoms with Crippen molar-refractivity contribution < 1.29 is 9.21 Å². The van der Waals surface area contributed by atoms with Gasteiger partial charge in [-0.2, -0.15) is 0 Å². The van der Waals surface area contributed by atoms with Gasteiger partial charge in [0.05, 0.1) is 18.2 Å². The third-order valence-electron chi connectivity index (χ3n) is 5.63. The molecule has 3 aromatic rings. The van der Waals surface area contributed by atoms with Crippen LogP contribution in [0.2, 0.25) is 0 Å². The Balaban J connectivity index is 1.56. The lowest BCUT2D eigenvalue weighted by Crippen LogP contribution is -2.36. The Bertz CT molecular complexity index is 942. The number of benzene rings is 1. The van der Waals surface area contributed by atoms with Gasteiger partial charge in [0, 0.05) is 31.0 Å². The van der Waals surface area contributed by atoms with Crippen LogP contribution < -0.4 is 0 Å². The van der Waals surface area contributed by atoms with Crippen molar-refractivity contribution in [2.45, 2.75) is 45.1 Å². The number of carbonyl (C=O) groups excluding carboxylic acids is 1. The van der Waals surface area contributed by atoms with Crippen LogP contribution in [-0.4, -0.2) is 26.9 Å². The molecule has 4 rings (SSSR count). The number of oxazole rings is 1. The van der Waals surface area contributed by atoms with Crippen molar-refractivity contribution in [1.82, 2.24) is 14.5 Å². The minimum Gasteiger partial charge on any atom is -0.441 e. The molecule has 0 aliphatic carbocycles. The van der Waals surface area contributed by atoms with Gasteiger partial charge in [-0.1, -0.05) is 31.0 Å². The molecule has 1 saturated heterocycles. The summed E-state index contributed by atoms with van der Waals surface area (Å²) in [5.41, 5.74) is 2.87. The van der Waals surface area contributed by atoms with E-state index in [1.165, 1.54) is 12.1 Å². The van der Waals surface area contributed by atoms with Crippen LogP contribution >= 0.6 is 0 Å². The molecule has 1 aliphatic rings. The van der Waals surface area contributed by atoms with Crippen LogP contribution in [0.3, 0.4) is 0 Å². The highest BCUT2D eigenvalue weighted by Gasteiger charge is 2.29. The molecule has 3 heterocycles. The zero-order chi connectivity index (χ0) is 19.5. The second-order valence-electron chi connectivity index (χ2n) is 7.56. The van der Waals surface area contributed by atoms with E-state index in [0.29, 0.717) is 5.89 Å². The van der Waals surface area contributed by atoms with Gasteiger partial charge >= 0.3 is 0 Å². The normalized spacial score (nSPS) is 17.5. The molecule has 146 valence electrons. The maximum absolute atomic E-state index is 13.3. The molecule has 1 atom stereocenters. The molecule has 0 spiro atoms. The third-order valence-corrected chi connectivity index (χ3v) is 5.63. The lowest BCUT2D eigenvalue weighted by atomic mass is 10.1. The van der Waals surface area contributed by atoms with Gasteiger partial charge in [0.15, 0.2) is 0 Å². The number of aryl methyl sites for hydroxylation is 2. The lowest BCUT2D eigenvalue weighted by Gasteiger charge is -2.30. The highest BCUT2D eigenvalue weighted by molar-refractivity contribution is 5.79. The fraction of sp³-hybridized carbons (Fsp3) is 0.391. The summed E-state index contributed by atoms with van der Waals surface area (Å²) in [7, 11) is 2.05. The molecule has 1 amide bonds. The molecule has 1 unspecified atom stereocenters. The maximum Gasteiger partial charge on any atom is 0.229 e. The minimum absolute atomic E-state index is 0.129. The van der Waals surface area contributed by atoms with Gasteiger partial charge in [0.25, 0.3) is 0 Å². The molecule has 2 aromatic heterocycles. The molecule has 1 aliphatic heterocycles. The maximum atomic E-state index is 13.3. The van der Waals surface area contributed by atoms with Crippen molar-refractivity contribution in [2.24, 2.45) is 7.05 Å². The van der Waals surface area contributed by atoms with Crippen LogP contribution in [0.25, 0.3) is 11.5 Å². The second kappa shape index (κ2) is 8.05. The van der Waals surface area contributed by atoms with E-state index in [9.17, 15) is 4.79 Å². The first kappa shape index (κ1) is 18.5. The van der Waals surface area contributed by atoms with Crippen molar-refractivity contribution in [3.05, 3.63) is 65.8 Å². The topological polar surface area (TPSA) is 51.3 Å². The summed E-state index contributed by atoms with van der Waals surface area (Å²) < 4.78 is 7.98. The molecule has 1 fully saturated rings. The van der Waals surface area contributed by atoms with E-state index < -0.39 is 0 Å². The van der Waals surface area contributed by atoms with Crippen LogP contribution in [0.1, 0.15) is 48.9 Å². The van der Waals surface area contributed by atoms with Crippen molar-refractivity contribution in [2.75, 3.05) is 6.54 Å². The van der Waals surface area contributed by atoms with E-state index in [1.54, 1.807) is 0 Å². The Morgan fingerprint density at radius 3 is 2.71 bits per heavy atom. The molecular weight excluding hydrogens is 350 g/mol. The number of amides is 1. The summed E-state index contributed by atoms with van der Waals surface area (Å²) in [5.74, 6) is 1.43. The van der Waals surface area contributed by atoms with Crippen LogP contribution in [0.15, 0.2) is 53.1 Å². The Kier molecular flexibility index (Phi) is 5.33. The SMILES string of the molecule is Cc1oc(-c2ccccc2)nc1CC(=O)N1CCCCCC1c1cccn1C. The van der Waals surface area contributed by atoms with Gasteiger partial charge in [0.2, 0.25) is 11.8 Å². The van der Waals surface area contributed by atoms with Crippen LogP contribution in [0.4, 0.5) is 0 Å². The van der Waals surface area contributed by atoms with E-state index in [0.717, 1.165) is 42.8 Å². The van der Waals surface area contributed by atoms with Crippen molar-refractivity contribution in [3.63, 3.8) is 0 Å². The van der Waals surface area contributed by atoms with E-state index in [-0.39, 0.29) is 18.4 Å². The van der Waals surface area contributed by atoms with E-state index in [4.69, 9.17) is 4.42 Å². The molecule has 0 radical (unpaired) electrons. The molecule has 0 bridgehead atoms. The quantitative estimate of drug-likeness (QED) is 0.664. The Morgan fingerprint density at radius 2 is 1.96 bits per heavy atom. The summed E-state index contributed by atoms with van der Waals surface area (Å²) in [6, 6.07) is 14.1. The van der Waals surface area contributed by atoms with Crippen molar-refractivity contribution >= 4 is 5.91 Å². The molecule has 1 aromatic carbocycles. The smallest absolute Gasteiger partial charge is 0.229 e. The first-order valence-corrected chi connectivity index (χ1v) is 10.1. The van der Waals surface area contributed by atoms with Crippen molar-refractivity contribution in [1.29, 1.82) is 0 Å². The number of aromatic nitrogens is 2. The van der Waals surface area contributed by atoms with Gasteiger partial charge in [0.1, 0.15) is 5.76 Å². The van der Waals surface area contributed by atoms with E-state index in [1.807, 2.05) is 37.3 Å². The van der Waals surface area contributed by atoms with Gasteiger partial charge in [-0.05, 0) is 44.0 Å². The van der Waals surface area contributed by atoms with Crippen LogP contribution in [-0.2, 0) is 18.3 Å². The van der Waals surface area contributed by atoms with Crippen LogP contribution in [0.5, 0.6) is 0 Å². The average Bonchev–Trinajstić information content (AvgIpc) is 3.19. The largest absolute Gasteiger partial charge is 0.441 e. The Labute approximate surface area is 166 Å². The Hall–Kier alpha value is -2.82. The van der Waals surface area contributed by atoms with Gasteiger partial charge in [-0.25, -0.2) is 4.98 Å². The highest BCUT2D eigenvalue weighted by Crippen LogP contribution is 2.31. The summed E-state index contributed by atoms with van der Waals surface area (Å²) in [6.45, 7) is 2.69. The number of hydrogen-bond donors (Lipinski definition) is 0. The second-order valence-corrected chi connectivity index (χ2v) is 7.56. The highest BCUT2D eigenvalue weighted by atomic mass is 16.4. The predicted octanol–water partition coefficient (Wildman–Crippen LogP) is 4.67. The third kappa shape index (κ3) is 3.75. The van der Waals surface area contributed by atoms with Crippen LogP contribution in [0, 0.1) is 6.92 Å². The standard InChI is InChI=1S/C23H27N3O2/c1-17-19(24-23(28-17)18-10-5-3-6-11-18)16-22(27)26-15-8-4-7-12-21(26)20-13-9-14-25(20)2/h3,5-6,9-11,13-14,21H,4,7-8,12,15-16H2,1-2H3. The molecule has 0 N–H and O–H groups in total. The number of hydrogen-bond acceptors (Lipinski definition) is 3. The lowest BCUT2D eigenvalue weighted by molar-refractivity contribution is -0.133. The number of likely N-dealkylation sites (tertiary alicyclic amines) is 1. The predicted molar refractivity (Wildman–Crippen MR) is 109 cm³/mol. The zero-order valence-corrected chi connectivity index (χ0v) is 16.6. The minimum atomic E-state index is 0.129. The molecule has 28 heavy (non-hydrogen) atoms. The molecular formula is C23H27N3O2. The number of rotatable bonds is 4. The monoisotopic (exact) mass is 377 g/mol. The Morgan fingerprint density at radius 1 is 1.14 bits per heavy atom. The van der Waals surface area contributed by atoms with E-state index in [2.05, 4.69) is 39.8 Å². The number of nitrogens with zero attached hydrogens (tertiary/aromatic N) is 3. The van der Waals surface area contributed by atoms with Gasteiger partial charge in [-0.3, -0.25) is 4.79 Å². The van der Waals surface area contributed by atoms with Crippen molar-refractivity contribution in [3.8, 4) is 11.5 Å². The first-order chi connectivity index (χ1) is 13.6. The summed E-state index contributed by atoms with van der Waals surface area (Å²) in [6.07, 6.45) is 6.73.